The van der Waals surface area contributed by atoms with Gasteiger partial charge in [0.2, 0.25) is 0 Å². The van der Waals surface area contributed by atoms with E-state index < -0.39 is 29.9 Å². The topological polar surface area (TPSA) is 87.3 Å². The average molecular weight is 423 g/mol. The minimum Gasteiger partial charge on any atom is -0.467 e. The van der Waals surface area contributed by atoms with Gasteiger partial charge in [-0.25, -0.2) is 19.0 Å². The van der Waals surface area contributed by atoms with Gasteiger partial charge in [0.1, 0.15) is 17.9 Å². The van der Waals surface area contributed by atoms with Crippen LogP contribution < -0.4 is 5.32 Å². The number of carbonyl (C=O) groups excluding carboxylic acids is 2. The molecule has 0 spiro atoms. The van der Waals surface area contributed by atoms with E-state index in [0.29, 0.717) is 25.1 Å². The van der Waals surface area contributed by atoms with Gasteiger partial charge in [0.05, 0.1) is 19.1 Å². The molecule has 1 aliphatic heterocycles. The average Bonchev–Trinajstić information content (AvgIpc) is 3.15. The van der Waals surface area contributed by atoms with E-state index in [1.165, 1.54) is 24.4 Å². The maximum absolute atomic E-state index is 14.7. The summed E-state index contributed by atoms with van der Waals surface area (Å²) in [5.41, 5.74) is 1.71. The summed E-state index contributed by atoms with van der Waals surface area (Å²) in [6, 6.07) is 2.34. The van der Waals surface area contributed by atoms with Crippen molar-refractivity contribution in [2.24, 2.45) is 5.92 Å². The normalized spacial score (nSPS) is 17.0. The maximum Gasteiger partial charge on any atom is 0.328 e. The Kier molecular flexibility index (Phi) is 6.42. The van der Waals surface area contributed by atoms with Gasteiger partial charge in [0, 0.05) is 29.2 Å². The number of aromatic nitrogens is 2. The number of benzene rings is 1. The molecule has 2 aromatic rings. The fourth-order valence-electron chi connectivity index (χ4n) is 3.59. The number of carbonyl (C=O) groups is 2. The number of hydrogen-bond donors (Lipinski definition) is 2. The molecule has 0 saturated carbocycles. The van der Waals surface area contributed by atoms with Crippen LogP contribution in [0.4, 0.5) is 9.18 Å². The first-order valence-corrected chi connectivity index (χ1v) is 9.81. The fraction of sp³-hybridized carbons (Fsp3) is 0.450. The number of urea groups is 1. The van der Waals surface area contributed by atoms with Crippen molar-refractivity contribution < 1.29 is 18.7 Å². The van der Waals surface area contributed by atoms with Crippen LogP contribution in [-0.2, 0) is 16.0 Å². The summed E-state index contributed by atoms with van der Waals surface area (Å²) in [6.07, 6.45) is 2.50. The predicted molar refractivity (Wildman–Crippen MR) is 106 cm³/mol. The van der Waals surface area contributed by atoms with E-state index in [2.05, 4.69) is 15.3 Å². The van der Waals surface area contributed by atoms with Crippen LogP contribution in [0.25, 0.3) is 0 Å². The Morgan fingerprint density at radius 3 is 2.86 bits per heavy atom. The Morgan fingerprint density at radius 1 is 1.45 bits per heavy atom. The summed E-state index contributed by atoms with van der Waals surface area (Å²) in [7, 11) is 1.28. The molecule has 0 bridgehead atoms. The summed E-state index contributed by atoms with van der Waals surface area (Å²) in [5.74, 6) is -0.871. The minimum absolute atomic E-state index is 0.170. The van der Waals surface area contributed by atoms with Crippen LogP contribution in [0.5, 0.6) is 0 Å². The highest BCUT2D eigenvalue weighted by Crippen LogP contribution is 2.35. The summed E-state index contributed by atoms with van der Waals surface area (Å²) >= 11 is 5.90. The number of ether oxygens (including phenoxy) is 1. The zero-order valence-corrected chi connectivity index (χ0v) is 17.3. The molecule has 0 radical (unpaired) electrons. The smallest absolute Gasteiger partial charge is 0.328 e. The molecule has 0 saturated heterocycles. The van der Waals surface area contributed by atoms with E-state index >= 15 is 0 Å². The molecule has 2 amide bonds. The third kappa shape index (κ3) is 4.53. The van der Waals surface area contributed by atoms with Gasteiger partial charge in [0.25, 0.3) is 0 Å². The van der Waals surface area contributed by atoms with E-state index in [1.807, 2.05) is 13.8 Å². The Labute approximate surface area is 173 Å². The van der Waals surface area contributed by atoms with Gasteiger partial charge in [-0.15, -0.1) is 0 Å². The molecule has 2 unspecified atom stereocenters. The second-order valence-corrected chi connectivity index (χ2v) is 7.87. The molecule has 2 N–H and O–H groups in total. The highest BCUT2D eigenvalue weighted by Gasteiger charge is 2.37. The molecule has 2 atom stereocenters. The van der Waals surface area contributed by atoms with Crippen molar-refractivity contribution in [3.63, 3.8) is 0 Å². The first kappa shape index (κ1) is 21.1. The molecule has 1 aromatic heterocycles. The summed E-state index contributed by atoms with van der Waals surface area (Å²) in [6.45, 7) is 4.24. The molecule has 0 aliphatic carbocycles. The van der Waals surface area contributed by atoms with Crippen LogP contribution in [0.2, 0.25) is 5.02 Å². The highest BCUT2D eigenvalue weighted by atomic mass is 35.5. The third-order valence-corrected chi connectivity index (χ3v) is 5.17. The number of esters is 1. The Morgan fingerprint density at radius 2 is 2.21 bits per heavy atom. The van der Waals surface area contributed by atoms with Crippen LogP contribution in [-0.4, -0.2) is 46.6 Å². The van der Waals surface area contributed by atoms with E-state index in [4.69, 9.17) is 16.3 Å². The molecular weight excluding hydrogens is 399 g/mol. The molecule has 156 valence electrons. The number of fused-ring (bicyclic) bond motifs is 1. The number of nitrogens with zero attached hydrogens (tertiary/aromatic N) is 2. The lowest BCUT2D eigenvalue weighted by molar-refractivity contribution is -0.143. The summed E-state index contributed by atoms with van der Waals surface area (Å²) < 4.78 is 19.6. The first-order valence-electron chi connectivity index (χ1n) is 9.43. The number of imidazole rings is 1. The first-order chi connectivity index (χ1) is 13.8. The van der Waals surface area contributed by atoms with E-state index in [-0.39, 0.29) is 16.5 Å². The number of hydrogen-bond acceptors (Lipinski definition) is 4. The molecule has 2 heterocycles. The zero-order chi connectivity index (χ0) is 21.1. The van der Waals surface area contributed by atoms with Crippen molar-refractivity contribution in [2.75, 3.05) is 13.7 Å². The van der Waals surface area contributed by atoms with Gasteiger partial charge in [-0.05, 0) is 24.5 Å². The van der Waals surface area contributed by atoms with Crippen LogP contribution in [0.1, 0.15) is 43.3 Å². The predicted octanol–water partition coefficient (Wildman–Crippen LogP) is 3.45. The molecule has 0 fully saturated rings. The van der Waals surface area contributed by atoms with Gasteiger partial charge >= 0.3 is 12.0 Å². The number of amides is 2. The van der Waals surface area contributed by atoms with E-state index in [1.54, 1.807) is 12.1 Å². The number of methoxy groups -OCH3 is 1. The Hall–Kier alpha value is -2.61. The molecule has 7 nitrogen and oxygen atoms in total. The molecule has 29 heavy (non-hydrogen) atoms. The number of rotatable bonds is 5. The standard InChI is InChI=1S/C20H24ClFN4O3/c1-11(2)8-16(19(27)29-3)25-20(28)26-7-6-15-17(24-10-23-15)18(26)13-5-4-12(21)9-14(13)22/h4-5,9-11,16,18H,6-8H2,1-3H3,(H,23,24)(H,25,28). The lowest BCUT2D eigenvalue weighted by Gasteiger charge is -2.36. The van der Waals surface area contributed by atoms with E-state index in [0.717, 1.165) is 5.69 Å². The Bertz CT molecular complexity index is 902. The largest absolute Gasteiger partial charge is 0.467 e. The second-order valence-electron chi connectivity index (χ2n) is 7.43. The third-order valence-electron chi connectivity index (χ3n) is 4.93. The summed E-state index contributed by atoms with van der Waals surface area (Å²) in [5, 5.41) is 3.01. The van der Waals surface area contributed by atoms with Gasteiger partial charge in [-0.2, -0.15) is 0 Å². The fourth-order valence-corrected chi connectivity index (χ4v) is 3.75. The Balaban J connectivity index is 1.93. The van der Waals surface area contributed by atoms with Crippen LogP contribution in [0.3, 0.4) is 0 Å². The van der Waals surface area contributed by atoms with E-state index in [9.17, 15) is 14.0 Å². The number of nitrogens with one attached hydrogen (secondary N) is 2. The van der Waals surface area contributed by atoms with Crippen molar-refractivity contribution >= 4 is 23.6 Å². The highest BCUT2D eigenvalue weighted by molar-refractivity contribution is 6.30. The van der Waals surface area contributed by atoms with Gasteiger partial charge in [-0.1, -0.05) is 31.5 Å². The monoisotopic (exact) mass is 422 g/mol. The SMILES string of the molecule is COC(=O)C(CC(C)C)NC(=O)N1CCc2[nH]cnc2C1c1ccc(Cl)cc1F. The maximum atomic E-state index is 14.7. The number of halogens is 2. The van der Waals surface area contributed by atoms with Crippen molar-refractivity contribution in [1.29, 1.82) is 0 Å². The lowest BCUT2D eigenvalue weighted by atomic mass is 9.95. The summed E-state index contributed by atoms with van der Waals surface area (Å²) in [4.78, 5) is 34.1. The molecule has 3 rings (SSSR count). The van der Waals surface area contributed by atoms with Crippen LogP contribution in [0, 0.1) is 11.7 Å². The molecule has 9 heteroatoms. The quantitative estimate of drug-likeness (QED) is 0.722. The van der Waals surface area contributed by atoms with Crippen molar-refractivity contribution in [3.8, 4) is 0 Å². The van der Waals surface area contributed by atoms with Crippen molar-refractivity contribution in [3.05, 3.63) is 52.3 Å². The molecule has 1 aromatic carbocycles. The number of H-pyrrole nitrogens is 1. The second kappa shape index (κ2) is 8.82. The van der Waals surface area contributed by atoms with Gasteiger partial charge in [0.15, 0.2) is 0 Å². The number of aromatic amines is 1. The van der Waals surface area contributed by atoms with Crippen LogP contribution in [0.15, 0.2) is 24.5 Å². The van der Waals surface area contributed by atoms with Crippen molar-refractivity contribution in [1.82, 2.24) is 20.2 Å². The minimum atomic E-state index is -0.788. The molecule has 1 aliphatic rings. The lowest BCUT2D eigenvalue weighted by Crippen LogP contribution is -2.51. The van der Waals surface area contributed by atoms with Crippen LogP contribution >= 0.6 is 11.6 Å². The van der Waals surface area contributed by atoms with Gasteiger partial charge < -0.3 is 19.9 Å². The zero-order valence-electron chi connectivity index (χ0n) is 16.5. The molecular formula is C20H24ClFN4O3. The van der Waals surface area contributed by atoms with Gasteiger partial charge in [-0.3, -0.25) is 0 Å². The van der Waals surface area contributed by atoms with Crippen molar-refractivity contribution in [2.45, 2.75) is 38.8 Å².